The van der Waals surface area contributed by atoms with Crippen LogP contribution in [0.15, 0.2) is 18.5 Å². The first-order valence-corrected chi connectivity index (χ1v) is 5.25. The second-order valence-electron chi connectivity index (χ2n) is 3.63. The molecule has 4 heteroatoms. The van der Waals surface area contributed by atoms with Crippen molar-refractivity contribution >= 4 is 11.6 Å². The topological polar surface area (TPSA) is 48.1 Å². The summed E-state index contributed by atoms with van der Waals surface area (Å²) in [7, 11) is 3.68. The first-order valence-electron chi connectivity index (χ1n) is 5.25. The van der Waals surface area contributed by atoms with Crippen LogP contribution in [0, 0.1) is 5.92 Å². The van der Waals surface area contributed by atoms with Crippen LogP contribution in [0.3, 0.4) is 0 Å². The monoisotopic (exact) mass is 209 g/mol. The molecular formula is C11H19N3O. The molecule has 1 atom stereocenters. The molecule has 0 aliphatic rings. The van der Waals surface area contributed by atoms with E-state index < -0.39 is 0 Å². The van der Waals surface area contributed by atoms with E-state index in [1.54, 1.807) is 4.90 Å². The molecule has 0 fully saturated rings. The Morgan fingerprint density at radius 1 is 1.67 bits per heavy atom. The van der Waals surface area contributed by atoms with Crippen molar-refractivity contribution in [2.75, 3.05) is 25.5 Å². The van der Waals surface area contributed by atoms with E-state index in [1.165, 1.54) is 0 Å². The maximum atomic E-state index is 12.0. The number of anilines is 1. The molecule has 15 heavy (non-hydrogen) atoms. The molecule has 1 heterocycles. The Morgan fingerprint density at radius 2 is 2.40 bits per heavy atom. The number of nitrogens with zero attached hydrogens (tertiary/aromatic N) is 1. The van der Waals surface area contributed by atoms with Gasteiger partial charge >= 0.3 is 0 Å². The minimum absolute atomic E-state index is 0.0508. The fourth-order valence-corrected chi connectivity index (χ4v) is 1.58. The van der Waals surface area contributed by atoms with Gasteiger partial charge in [0.1, 0.15) is 0 Å². The first kappa shape index (κ1) is 11.8. The number of hydrogen-bond acceptors (Lipinski definition) is 2. The van der Waals surface area contributed by atoms with Crippen LogP contribution in [0.2, 0.25) is 0 Å². The molecule has 0 aliphatic carbocycles. The molecule has 0 aromatic carbocycles. The van der Waals surface area contributed by atoms with Crippen LogP contribution in [0.25, 0.3) is 0 Å². The van der Waals surface area contributed by atoms with Gasteiger partial charge in [-0.1, -0.05) is 6.92 Å². The van der Waals surface area contributed by atoms with E-state index in [0.29, 0.717) is 0 Å². The number of H-pyrrole nitrogens is 1. The molecule has 0 saturated carbocycles. The summed E-state index contributed by atoms with van der Waals surface area (Å²) in [6.07, 6.45) is 4.50. The van der Waals surface area contributed by atoms with E-state index in [2.05, 4.69) is 10.3 Å². The molecule has 2 N–H and O–H groups in total. The van der Waals surface area contributed by atoms with Crippen molar-refractivity contribution in [2.24, 2.45) is 5.92 Å². The first-order chi connectivity index (χ1) is 7.20. The average Bonchev–Trinajstić information content (AvgIpc) is 2.77. The third-order valence-corrected chi connectivity index (χ3v) is 2.59. The van der Waals surface area contributed by atoms with Gasteiger partial charge in [-0.2, -0.15) is 0 Å². The lowest BCUT2D eigenvalue weighted by atomic mass is 10.1. The molecule has 0 spiro atoms. The molecular weight excluding hydrogens is 190 g/mol. The zero-order chi connectivity index (χ0) is 11.3. The standard InChI is InChI=1S/C11H19N3O/c1-4-9(7-12-2)11(15)14(3)10-5-6-13-8-10/h5-6,8-9,12-13H,4,7H2,1-3H3. The van der Waals surface area contributed by atoms with Gasteiger partial charge in [0.15, 0.2) is 0 Å². The summed E-state index contributed by atoms with van der Waals surface area (Å²) in [6.45, 7) is 2.76. The van der Waals surface area contributed by atoms with Crippen molar-refractivity contribution in [1.29, 1.82) is 0 Å². The zero-order valence-corrected chi connectivity index (χ0v) is 9.58. The molecule has 0 saturated heterocycles. The van der Waals surface area contributed by atoms with E-state index >= 15 is 0 Å². The van der Waals surface area contributed by atoms with Crippen LogP contribution in [-0.4, -0.2) is 31.5 Å². The van der Waals surface area contributed by atoms with E-state index in [4.69, 9.17) is 0 Å². The number of aromatic nitrogens is 1. The van der Waals surface area contributed by atoms with Crippen LogP contribution in [0.5, 0.6) is 0 Å². The Balaban J connectivity index is 2.66. The van der Waals surface area contributed by atoms with Gasteiger partial charge in [0, 0.05) is 26.0 Å². The molecule has 4 nitrogen and oxygen atoms in total. The van der Waals surface area contributed by atoms with Gasteiger partial charge in [-0.05, 0) is 19.5 Å². The average molecular weight is 209 g/mol. The van der Waals surface area contributed by atoms with Crippen LogP contribution < -0.4 is 10.2 Å². The largest absolute Gasteiger partial charge is 0.366 e. The van der Waals surface area contributed by atoms with Crippen molar-refractivity contribution in [3.63, 3.8) is 0 Å². The molecule has 1 rings (SSSR count). The lowest BCUT2D eigenvalue weighted by molar-refractivity contribution is -0.122. The van der Waals surface area contributed by atoms with Crippen LogP contribution in [0.4, 0.5) is 5.69 Å². The van der Waals surface area contributed by atoms with Crippen molar-refractivity contribution in [2.45, 2.75) is 13.3 Å². The maximum absolute atomic E-state index is 12.0. The zero-order valence-electron chi connectivity index (χ0n) is 9.58. The van der Waals surface area contributed by atoms with Gasteiger partial charge < -0.3 is 15.2 Å². The third kappa shape index (κ3) is 2.83. The predicted molar refractivity (Wildman–Crippen MR) is 61.9 cm³/mol. The normalized spacial score (nSPS) is 12.5. The molecule has 1 aromatic rings. The lowest BCUT2D eigenvalue weighted by Gasteiger charge is -2.21. The Bertz CT molecular complexity index is 295. The highest BCUT2D eigenvalue weighted by Crippen LogP contribution is 2.14. The highest BCUT2D eigenvalue weighted by molar-refractivity contribution is 5.94. The number of rotatable bonds is 5. The van der Waals surface area contributed by atoms with Gasteiger partial charge in [-0.3, -0.25) is 4.79 Å². The number of amides is 1. The smallest absolute Gasteiger partial charge is 0.231 e. The minimum atomic E-state index is 0.0508. The van der Waals surface area contributed by atoms with Gasteiger partial charge in [0.2, 0.25) is 5.91 Å². The van der Waals surface area contributed by atoms with Crippen LogP contribution >= 0.6 is 0 Å². The summed E-state index contributed by atoms with van der Waals surface area (Å²) < 4.78 is 0. The number of carbonyl (C=O) groups excluding carboxylic acids is 1. The fourth-order valence-electron chi connectivity index (χ4n) is 1.58. The summed E-state index contributed by atoms with van der Waals surface area (Å²) in [6, 6.07) is 1.89. The Kier molecular flexibility index (Phi) is 4.37. The number of aromatic amines is 1. The molecule has 0 radical (unpaired) electrons. The van der Waals surface area contributed by atoms with E-state index in [1.807, 2.05) is 39.5 Å². The molecule has 1 unspecified atom stereocenters. The highest BCUT2D eigenvalue weighted by atomic mass is 16.2. The quantitative estimate of drug-likeness (QED) is 0.766. The van der Waals surface area contributed by atoms with Gasteiger partial charge in [0.25, 0.3) is 0 Å². The molecule has 84 valence electrons. The second kappa shape index (κ2) is 5.56. The van der Waals surface area contributed by atoms with Crippen molar-refractivity contribution in [3.8, 4) is 0 Å². The SMILES string of the molecule is CCC(CNC)C(=O)N(C)c1cc[nH]c1. The molecule has 1 aromatic heterocycles. The predicted octanol–water partition coefficient (Wildman–Crippen LogP) is 1.22. The summed E-state index contributed by atoms with van der Waals surface area (Å²) in [5.74, 6) is 0.210. The second-order valence-corrected chi connectivity index (χ2v) is 3.63. The summed E-state index contributed by atoms with van der Waals surface area (Å²) >= 11 is 0. The van der Waals surface area contributed by atoms with Gasteiger partial charge in [-0.15, -0.1) is 0 Å². The summed E-state index contributed by atoms with van der Waals surface area (Å²) in [5.41, 5.74) is 0.912. The van der Waals surface area contributed by atoms with Crippen molar-refractivity contribution < 1.29 is 4.79 Å². The molecule has 0 aliphatic heterocycles. The van der Waals surface area contributed by atoms with E-state index in [9.17, 15) is 4.79 Å². The number of carbonyl (C=O) groups is 1. The minimum Gasteiger partial charge on any atom is -0.366 e. The number of hydrogen-bond donors (Lipinski definition) is 2. The van der Waals surface area contributed by atoms with E-state index in [-0.39, 0.29) is 11.8 Å². The lowest BCUT2D eigenvalue weighted by Crippen LogP contribution is -2.37. The van der Waals surface area contributed by atoms with Gasteiger partial charge in [0.05, 0.1) is 11.6 Å². The summed E-state index contributed by atoms with van der Waals surface area (Å²) in [5, 5.41) is 3.04. The number of nitrogens with one attached hydrogen (secondary N) is 2. The maximum Gasteiger partial charge on any atom is 0.231 e. The molecule has 0 bridgehead atoms. The van der Waals surface area contributed by atoms with Crippen molar-refractivity contribution in [3.05, 3.63) is 18.5 Å². The van der Waals surface area contributed by atoms with E-state index in [0.717, 1.165) is 18.7 Å². The highest BCUT2D eigenvalue weighted by Gasteiger charge is 2.20. The fraction of sp³-hybridized carbons (Fsp3) is 0.545. The van der Waals surface area contributed by atoms with Crippen LogP contribution in [0.1, 0.15) is 13.3 Å². The Hall–Kier alpha value is -1.29. The Labute approximate surface area is 90.7 Å². The van der Waals surface area contributed by atoms with Gasteiger partial charge in [-0.25, -0.2) is 0 Å². The van der Waals surface area contributed by atoms with Crippen LogP contribution in [-0.2, 0) is 4.79 Å². The molecule has 1 amide bonds. The van der Waals surface area contributed by atoms with Crippen molar-refractivity contribution in [1.82, 2.24) is 10.3 Å². The summed E-state index contributed by atoms with van der Waals surface area (Å²) in [4.78, 5) is 16.7. The third-order valence-electron chi connectivity index (χ3n) is 2.59. The Morgan fingerprint density at radius 3 is 2.87 bits per heavy atom.